The maximum atomic E-state index is 12.6. The Bertz CT molecular complexity index is 1930. The second kappa shape index (κ2) is 14.4. The molecule has 2 amide bonds. The van der Waals surface area contributed by atoms with E-state index in [4.69, 9.17) is 23.1 Å². The SMILES string of the molecule is CCC1(N)CC1c1ccc(NC(=O)c2cccc(-c3ccccc3)c2)cc1.CCC1(N)CC1c1ccc(NC(=O)c2cccc(Cl)c2)cc1. The quantitative estimate of drug-likeness (QED) is 0.125. The zero-order chi connectivity index (χ0) is 34.6. The lowest BCUT2D eigenvalue weighted by atomic mass is 10.0. The van der Waals surface area contributed by atoms with E-state index in [2.05, 4.69) is 36.6 Å². The van der Waals surface area contributed by atoms with Crippen molar-refractivity contribution < 1.29 is 9.59 Å². The van der Waals surface area contributed by atoms with Crippen molar-refractivity contribution >= 4 is 34.8 Å². The number of rotatable bonds is 9. The van der Waals surface area contributed by atoms with Crippen LogP contribution in [0.2, 0.25) is 5.02 Å². The Morgan fingerprint density at radius 2 is 1.06 bits per heavy atom. The number of hydrogen-bond donors (Lipinski definition) is 4. The molecule has 2 fully saturated rings. The number of halogens is 1. The molecule has 5 aromatic rings. The van der Waals surface area contributed by atoms with Crippen LogP contribution < -0.4 is 22.1 Å². The van der Waals surface area contributed by atoms with Crippen LogP contribution in [0.25, 0.3) is 11.1 Å². The van der Waals surface area contributed by atoms with E-state index in [1.54, 1.807) is 24.3 Å². The Labute approximate surface area is 293 Å². The summed E-state index contributed by atoms with van der Waals surface area (Å²) < 4.78 is 0. The third kappa shape index (κ3) is 8.11. The van der Waals surface area contributed by atoms with Crippen molar-refractivity contribution in [3.8, 4) is 11.1 Å². The van der Waals surface area contributed by atoms with Gasteiger partial charge in [0.15, 0.2) is 0 Å². The summed E-state index contributed by atoms with van der Waals surface area (Å²) >= 11 is 5.90. The van der Waals surface area contributed by atoms with Crippen molar-refractivity contribution in [1.82, 2.24) is 0 Å². The highest BCUT2D eigenvalue weighted by Gasteiger charge is 2.50. The first-order valence-corrected chi connectivity index (χ1v) is 17.3. The second-order valence-electron chi connectivity index (χ2n) is 13.3. The van der Waals surface area contributed by atoms with Gasteiger partial charge in [0.25, 0.3) is 11.8 Å². The summed E-state index contributed by atoms with van der Waals surface area (Å²) in [7, 11) is 0. The van der Waals surface area contributed by atoms with Crippen LogP contribution in [0.4, 0.5) is 11.4 Å². The van der Waals surface area contributed by atoms with Crippen molar-refractivity contribution in [2.45, 2.75) is 62.4 Å². The minimum absolute atomic E-state index is 0.0362. The topological polar surface area (TPSA) is 110 Å². The van der Waals surface area contributed by atoms with Gasteiger partial charge in [0.2, 0.25) is 0 Å². The van der Waals surface area contributed by atoms with E-state index in [9.17, 15) is 9.59 Å². The summed E-state index contributed by atoms with van der Waals surface area (Å²) in [6.45, 7) is 4.26. The van der Waals surface area contributed by atoms with E-state index in [-0.39, 0.29) is 22.9 Å². The lowest BCUT2D eigenvalue weighted by Gasteiger charge is -2.10. The molecule has 4 unspecified atom stereocenters. The van der Waals surface area contributed by atoms with Gasteiger partial charge in [-0.3, -0.25) is 9.59 Å². The number of benzene rings is 5. The van der Waals surface area contributed by atoms with Crippen LogP contribution in [0.3, 0.4) is 0 Å². The van der Waals surface area contributed by atoms with E-state index in [1.165, 1.54) is 11.1 Å². The molecule has 6 nitrogen and oxygen atoms in total. The van der Waals surface area contributed by atoms with Crippen LogP contribution in [0.5, 0.6) is 0 Å². The summed E-state index contributed by atoms with van der Waals surface area (Å²) in [5.41, 5.74) is 19.9. The second-order valence-corrected chi connectivity index (χ2v) is 13.7. The number of carbonyl (C=O) groups excluding carboxylic acids is 2. The average molecular weight is 671 g/mol. The molecular weight excluding hydrogens is 628 g/mol. The minimum Gasteiger partial charge on any atom is -0.325 e. The Hall–Kier alpha value is -4.75. The third-order valence-electron chi connectivity index (χ3n) is 10.0. The largest absolute Gasteiger partial charge is 0.325 e. The van der Waals surface area contributed by atoms with E-state index < -0.39 is 0 Å². The molecule has 2 aliphatic carbocycles. The van der Waals surface area contributed by atoms with Crippen molar-refractivity contribution in [3.05, 3.63) is 155 Å². The van der Waals surface area contributed by atoms with Crippen LogP contribution in [0.1, 0.15) is 83.2 Å². The molecule has 0 bridgehead atoms. The van der Waals surface area contributed by atoms with Gasteiger partial charge in [-0.25, -0.2) is 0 Å². The maximum Gasteiger partial charge on any atom is 0.255 e. The van der Waals surface area contributed by atoms with E-state index in [0.29, 0.717) is 28.0 Å². The number of nitrogens with one attached hydrogen (secondary N) is 2. The first-order chi connectivity index (χ1) is 23.6. The molecule has 49 heavy (non-hydrogen) atoms. The fraction of sp³-hybridized carbons (Fsp3) is 0.238. The number of nitrogens with two attached hydrogens (primary N) is 2. The summed E-state index contributed by atoms with van der Waals surface area (Å²) in [6, 6.07) is 40.7. The van der Waals surface area contributed by atoms with Crippen LogP contribution in [-0.2, 0) is 0 Å². The Balaban J connectivity index is 0.000000174. The van der Waals surface area contributed by atoms with Gasteiger partial charge in [0.05, 0.1) is 0 Å². The Morgan fingerprint density at radius 1 is 0.612 bits per heavy atom. The zero-order valence-electron chi connectivity index (χ0n) is 28.0. The fourth-order valence-electron chi connectivity index (χ4n) is 6.43. The predicted octanol–water partition coefficient (Wildman–Crippen LogP) is 9.39. The van der Waals surface area contributed by atoms with Gasteiger partial charge in [0.1, 0.15) is 0 Å². The van der Waals surface area contributed by atoms with Crippen LogP contribution in [0, 0.1) is 0 Å². The Kier molecular flexibility index (Phi) is 10.0. The number of hydrogen-bond acceptors (Lipinski definition) is 4. The zero-order valence-corrected chi connectivity index (χ0v) is 28.7. The summed E-state index contributed by atoms with van der Waals surface area (Å²) in [6.07, 6.45) is 4.07. The van der Waals surface area contributed by atoms with Gasteiger partial charge in [-0.15, -0.1) is 0 Å². The summed E-state index contributed by atoms with van der Waals surface area (Å²) in [5.74, 6) is 0.613. The van der Waals surface area contributed by atoms with Crippen LogP contribution >= 0.6 is 11.6 Å². The van der Waals surface area contributed by atoms with Crippen LogP contribution in [0.15, 0.2) is 127 Å². The molecule has 0 radical (unpaired) electrons. The van der Waals surface area contributed by atoms with Gasteiger partial charge < -0.3 is 22.1 Å². The molecular formula is C42H43ClN4O2. The van der Waals surface area contributed by atoms with Gasteiger partial charge in [0, 0.05) is 50.4 Å². The molecule has 4 atom stereocenters. The molecule has 2 aliphatic rings. The molecule has 7 heteroatoms. The fourth-order valence-corrected chi connectivity index (χ4v) is 6.62. The molecule has 6 N–H and O–H groups in total. The summed E-state index contributed by atoms with van der Waals surface area (Å²) in [4.78, 5) is 24.8. The summed E-state index contributed by atoms with van der Waals surface area (Å²) in [5, 5.41) is 6.42. The first-order valence-electron chi connectivity index (χ1n) is 16.9. The normalized spacial score (nSPS) is 21.9. The van der Waals surface area contributed by atoms with Gasteiger partial charge in [-0.1, -0.05) is 98.2 Å². The maximum absolute atomic E-state index is 12.6. The van der Waals surface area contributed by atoms with Crippen molar-refractivity contribution in [2.24, 2.45) is 11.5 Å². The van der Waals surface area contributed by atoms with Gasteiger partial charge in [-0.05, 0) is 103 Å². The van der Waals surface area contributed by atoms with Crippen molar-refractivity contribution in [2.75, 3.05) is 10.6 Å². The highest BCUT2D eigenvalue weighted by atomic mass is 35.5. The predicted molar refractivity (Wildman–Crippen MR) is 201 cm³/mol. The third-order valence-corrected chi connectivity index (χ3v) is 10.2. The number of amides is 2. The molecule has 7 rings (SSSR count). The molecule has 0 aromatic heterocycles. The highest BCUT2D eigenvalue weighted by Crippen LogP contribution is 2.52. The molecule has 0 saturated heterocycles. The lowest BCUT2D eigenvalue weighted by molar-refractivity contribution is 0.101. The molecule has 0 spiro atoms. The van der Waals surface area contributed by atoms with Crippen molar-refractivity contribution in [1.29, 1.82) is 0 Å². The number of anilines is 2. The van der Waals surface area contributed by atoms with Crippen molar-refractivity contribution in [3.63, 3.8) is 0 Å². The number of carbonyl (C=O) groups is 2. The van der Waals surface area contributed by atoms with Gasteiger partial charge in [-0.2, -0.15) is 0 Å². The first kappa shape index (κ1) is 34.1. The highest BCUT2D eigenvalue weighted by molar-refractivity contribution is 6.31. The molecule has 0 heterocycles. The van der Waals surface area contributed by atoms with Crippen LogP contribution in [-0.4, -0.2) is 22.9 Å². The Morgan fingerprint density at radius 3 is 1.51 bits per heavy atom. The lowest BCUT2D eigenvalue weighted by Crippen LogP contribution is -2.22. The molecule has 0 aliphatic heterocycles. The standard InChI is InChI=1S/C24H24N2O.C18H19ClN2O/c1-2-24(25)16-22(24)18-11-13-21(14-12-18)26-23(27)20-10-6-9-19(15-20)17-7-4-3-5-8-17;1-2-18(20)11-16(18)12-6-8-15(9-7-12)21-17(22)13-4-3-5-14(19)10-13/h3-15,22H,2,16,25H2,1H3,(H,26,27);3-10,16H,2,11,20H2,1H3,(H,21,22). The van der Waals surface area contributed by atoms with E-state index >= 15 is 0 Å². The smallest absolute Gasteiger partial charge is 0.255 e. The minimum atomic E-state index is -0.164. The van der Waals surface area contributed by atoms with Gasteiger partial charge >= 0.3 is 0 Å². The molecule has 2 saturated carbocycles. The average Bonchev–Trinajstić information content (AvgIpc) is 4.03. The van der Waals surface area contributed by atoms with E-state index in [0.717, 1.165) is 48.2 Å². The monoisotopic (exact) mass is 670 g/mol. The molecule has 250 valence electrons. The van der Waals surface area contributed by atoms with E-state index in [1.807, 2.05) is 91.0 Å². The molecule has 5 aromatic carbocycles.